The van der Waals surface area contributed by atoms with Gasteiger partial charge in [-0.15, -0.1) is 0 Å². The van der Waals surface area contributed by atoms with Crippen LogP contribution in [0.4, 0.5) is 4.39 Å². The van der Waals surface area contributed by atoms with E-state index in [4.69, 9.17) is 19.6 Å². The van der Waals surface area contributed by atoms with Crippen molar-refractivity contribution in [3.8, 4) is 0 Å². The summed E-state index contributed by atoms with van der Waals surface area (Å²) in [5.74, 6) is 0. The van der Waals surface area contributed by atoms with Crippen molar-refractivity contribution in [3.63, 3.8) is 0 Å². The Balaban J connectivity index is 5.08. The van der Waals surface area contributed by atoms with Crippen LogP contribution < -0.4 is 0 Å². The highest BCUT2D eigenvalue weighted by Crippen LogP contribution is 2.73. The first-order chi connectivity index (χ1) is 4.50. The molecule has 0 aliphatic heterocycles. The third-order valence-electron chi connectivity index (χ3n) is 0.701. The first kappa shape index (κ1) is 12.0. The lowest BCUT2D eigenvalue weighted by molar-refractivity contribution is 0.284. The standard InChI is InChI=1S/CH4FIO6P2/c2-1(3,10(4,5)6)11(7,8)9/h(H2,4,5,6)(H2,7,8,9). The van der Waals surface area contributed by atoms with Crippen LogP contribution in [-0.4, -0.2) is 22.7 Å². The molecule has 0 saturated heterocycles. The van der Waals surface area contributed by atoms with Crippen molar-refractivity contribution in [3.05, 3.63) is 0 Å². The molecule has 0 rings (SSSR count). The maximum atomic E-state index is 12.6. The zero-order chi connectivity index (χ0) is 9.50. The van der Waals surface area contributed by atoms with Gasteiger partial charge in [0.15, 0.2) is 0 Å². The fraction of sp³-hybridized carbons (Fsp3) is 1.00. The lowest BCUT2D eigenvalue weighted by Gasteiger charge is -2.19. The monoisotopic (exact) mass is 320 g/mol. The average molecular weight is 320 g/mol. The molecule has 0 aromatic heterocycles. The molecule has 68 valence electrons. The highest BCUT2D eigenvalue weighted by Gasteiger charge is 2.59. The summed E-state index contributed by atoms with van der Waals surface area (Å²) in [6.45, 7) is 0. The third kappa shape index (κ3) is 2.45. The van der Waals surface area contributed by atoms with Gasteiger partial charge in [0.25, 0.3) is 0 Å². The Morgan fingerprint density at radius 2 is 1.27 bits per heavy atom. The molecule has 0 radical (unpaired) electrons. The lowest BCUT2D eigenvalue weighted by Crippen LogP contribution is -2.13. The van der Waals surface area contributed by atoms with Gasteiger partial charge in [-0.2, -0.15) is 0 Å². The van der Waals surface area contributed by atoms with E-state index < -0.39 is 18.3 Å². The van der Waals surface area contributed by atoms with E-state index in [0.29, 0.717) is 22.6 Å². The van der Waals surface area contributed by atoms with Crippen LogP contribution in [0.25, 0.3) is 0 Å². The fourth-order valence-electron chi connectivity index (χ4n) is 0.170. The highest BCUT2D eigenvalue weighted by atomic mass is 127. The number of hydrogen-bond donors (Lipinski definition) is 4. The van der Waals surface area contributed by atoms with Crippen molar-refractivity contribution in [2.45, 2.75) is 3.16 Å². The minimum absolute atomic E-state index is 0.396. The molecule has 0 amide bonds. The number of hydrogen-bond acceptors (Lipinski definition) is 2. The molecule has 11 heavy (non-hydrogen) atoms. The molecule has 0 aromatic carbocycles. The van der Waals surface area contributed by atoms with Crippen LogP contribution in [0.2, 0.25) is 0 Å². The largest absolute Gasteiger partial charge is 0.385 e. The molecule has 0 aliphatic rings. The minimum Gasteiger partial charge on any atom is -0.321 e. The summed E-state index contributed by atoms with van der Waals surface area (Å²) >= 11 is 0.396. The average Bonchev–Trinajstić information content (AvgIpc) is 1.58. The summed E-state index contributed by atoms with van der Waals surface area (Å²) in [5, 5.41) is 0. The molecule has 0 unspecified atom stereocenters. The van der Waals surface area contributed by atoms with Gasteiger partial charge in [-0.3, -0.25) is 9.13 Å². The molecule has 10 heteroatoms. The SMILES string of the molecule is O=P(O)(O)C(F)(I)P(=O)(O)O. The van der Waals surface area contributed by atoms with Gasteiger partial charge in [-0.25, -0.2) is 4.39 Å². The minimum atomic E-state index is -5.43. The van der Waals surface area contributed by atoms with Gasteiger partial charge in [0.2, 0.25) is 0 Å². The second kappa shape index (κ2) is 3.02. The summed E-state index contributed by atoms with van der Waals surface area (Å²) in [4.78, 5) is 32.5. The first-order valence-corrected chi connectivity index (χ1v) is 6.29. The van der Waals surface area contributed by atoms with Gasteiger partial charge < -0.3 is 19.6 Å². The van der Waals surface area contributed by atoms with E-state index in [-0.39, 0.29) is 0 Å². The topological polar surface area (TPSA) is 115 Å². The van der Waals surface area contributed by atoms with Gasteiger partial charge in [0.1, 0.15) is 0 Å². The van der Waals surface area contributed by atoms with E-state index in [9.17, 15) is 13.5 Å². The first-order valence-electron chi connectivity index (χ1n) is 1.99. The molecule has 0 atom stereocenters. The van der Waals surface area contributed by atoms with Gasteiger partial charge in [-0.05, 0) is 22.6 Å². The van der Waals surface area contributed by atoms with Crippen LogP contribution in [0, 0.1) is 0 Å². The molecule has 0 saturated carbocycles. The van der Waals surface area contributed by atoms with Gasteiger partial charge in [0, 0.05) is 0 Å². The summed E-state index contributed by atoms with van der Waals surface area (Å²) < 4.78 is 29.0. The zero-order valence-corrected chi connectivity index (χ0v) is 8.70. The quantitative estimate of drug-likeness (QED) is 0.332. The number of rotatable bonds is 2. The number of alkyl halides is 2. The Kier molecular flexibility index (Phi) is 3.29. The Morgan fingerprint density at radius 3 is 1.27 bits per heavy atom. The van der Waals surface area contributed by atoms with Crippen LogP contribution in [0.5, 0.6) is 0 Å². The molecule has 0 heterocycles. The molecule has 0 fully saturated rings. The van der Waals surface area contributed by atoms with Gasteiger partial charge >= 0.3 is 18.3 Å². The molecule has 0 aromatic rings. The van der Waals surface area contributed by atoms with Crippen LogP contribution >= 0.6 is 37.8 Å². The molecular weight excluding hydrogens is 316 g/mol. The summed E-state index contributed by atoms with van der Waals surface area (Å²) in [7, 11) is -10.9. The van der Waals surface area contributed by atoms with Crippen molar-refractivity contribution >= 4 is 37.8 Å². The predicted octanol–water partition coefficient (Wildman–Crippen LogP) is 0.358. The third-order valence-corrected chi connectivity index (χ3v) is 7.44. The van der Waals surface area contributed by atoms with Crippen molar-refractivity contribution in [1.82, 2.24) is 0 Å². The van der Waals surface area contributed by atoms with Crippen LogP contribution in [-0.2, 0) is 9.13 Å². The zero-order valence-electron chi connectivity index (χ0n) is 4.76. The molecule has 0 spiro atoms. The van der Waals surface area contributed by atoms with E-state index in [0.717, 1.165) is 0 Å². The highest BCUT2D eigenvalue weighted by molar-refractivity contribution is 14.1. The Morgan fingerprint density at radius 1 is 1.09 bits per heavy atom. The Bertz CT molecular complexity index is 213. The van der Waals surface area contributed by atoms with Crippen LogP contribution in [0.3, 0.4) is 0 Å². The van der Waals surface area contributed by atoms with Crippen molar-refractivity contribution in [2.75, 3.05) is 0 Å². The molecular formula is CH4FIO6P2. The molecule has 0 aliphatic carbocycles. The Hall–Kier alpha value is 0.960. The van der Waals surface area contributed by atoms with Crippen LogP contribution in [0.1, 0.15) is 0 Å². The van der Waals surface area contributed by atoms with E-state index in [1.165, 1.54) is 0 Å². The maximum absolute atomic E-state index is 12.6. The summed E-state index contributed by atoms with van der Waals surface area (Å²) in [6.07, 6.45) is 0. The summed E-state index contributed by atoms with van der Waals surface area (Å²) in [5.41, 5.74) is 0. The maximum Gasteiger partial charge on any atom is 0.385 e. The van der Waals surface area contributed by atoms with E-state index >= 15 is 0 Å². The Labute approximate surface area is 74.3 Å². The molecule has 0 bridgehead atoms. The van der Waals surface area contributed by atoms with Crippen molar-refractivity contribution in [1.29, 1.82) is 0 Å². The van der Waals surface area contributed by atoms with Gasteiger partial charge in [-0.1, -0.05) is 0 Å². The fourth-order valence-corrected chi connectivity index (χ4v) is 1.53. The van der Waals surface area contributed by atoms with Crippen LogP contribution in [0.15, 0.2) is 0 Å². The van der Waals surface area contributed by atoms with Gasteiger partial charge in [0.05, 0.1) is 0 Å². The molecule has 6 nitrogen and oxygen atoms in total. The second-order valence-electron chi connectivity index (χ2n) is 1.60. The number of halogens is 2. The lowest BCUT2D eigenvalue weighted by atomic mass is 11.8. The van der Waals surface area contributed by atoms with E-state index in [1.807, 2.05) is 0 Å². The van der Waals surface area contributed by atoms with E-state index in [1.54, 1.807) is 0 Å². The normalized spacial score (nSPS) is 15.1. The second-order valence-corrected chi connectivity index (χ2v) is 8.55. The van der Waals surface area contributed by atoms with E-state index in [2.05, 4.69) is 0 Å². The predicted molar refractivity (Wildman–Crippen MR) is 41.9 cm³/mol. The molecule has 4 N–H and O–H groups in total. The summed E-state index contributed by atoms with van der Waals surface area (Å²) in [6, 6.07) is 0. The van der Waals surface area contributed by atoms with Crippen molar-refractivity contribution < 1.29 is 33.1 Å². The van der Waals surface area contributed by atoms with Crippen molar-refractivity contribution in [2.24, 2.45) is 0 Å². The smallest absolute Gasteiger partial charge is 0.321 e.